The summed E-state index contributed by atoms with van der Waals surface area (Å²) in [5, 5.41) is 3.09. The number of carbonyl (C=O) groups excluding carboxylic acids is 2. The van der Waals surface area contributed by atoms with Crippen molar-refractivity contribution in [3.63, 3.8) is 0 Å². The van der Waals surface area contributed by atoms with Crippen LogP contribution in [0.4, 0.5) is 5.82 Å². The van der Waals surface area contributed by atoms with Crippen molar-refractivity contribution < 1.29 is 19.1 Å². The zero-order chi connectivity index (χ0) is 20.8. The number of carbonyl (C=O) groups is 2. The van der Waals surface area contributed by atoms with Gasteiger partial charge in [0, 0.05) is 16.6 Å². The third-order valence-electron chi connectivity index (χ3n) is 4.23. The van der Waals surface area contributed by atoms with Crippen molar-refractivity contribution in [1.29, 1.82) is 0 Å². The third kappa shape index (κ3) is 5.61. The van der Waals surface area contributed by atoms with Gasteiger partial charge in [-0.25, -0.2) is 19.6 Å². The first-order valence-corrected chi connectivity index (χ1v) is 10.7. The molecular weight excluding hydrogens is 414 g/mol. The van der Waals surface area contributed by atoms with Crippen molar-refractivity contribution in [3.05, 3.63) is 46.9 Å². The smallest absolute Gasteiger partial charge is 0.358 e. The predicted octanol–water partition coefficient (Wildman–Crippen LogP) is 3.93. The van der Waals surface area contributed by atoms with Crippen LogP contribution >= 0.6 is 23.4 Å². The molecule has 1 unspecified atom stereocenters. The van der Waals surface area contributed by atoms with Gasteiger partial charge in [-0.05, 0) is 31.9 Å². The number of benzene rings is 1. The van der Waals surface area contributed by atoms with Gasteiger partial charge in [-0.3, -0.25) is 0 Å². The Morgan fingerprint density at radius 2 is 2.00 bits per heavy atom. The van der Waals surface area contributed by atoms with Gasteiger partial charge in [-0.1, -0.05) is 29.8 Å². The van der Waals surface area contributed by atoms with Gasteiger partial charge in [-0.2, -0.15) is 0 Å². The van der Waals surface area contributed by atoms with Gasteiger partial charge in [0.2, 0.25) is 0 Å². The Balaban J connectivity index is 1.86. The minimum atomic E-state index is -0.704. The highest BCUT2D eigenvalue weighted by molar-refractivity contribution is 7.99. The van der Waals surface area contributed by atoms with Gasteiger partial charge in [0.15, 0.2) is 5.69 Å². The van der Waals surface area contributed by atoms with E-state index in [1.54, 1.807) is 6.92 Å². The van der Waals surface area contributed by atoms with Crippen LogP contribution in [0.1, 0.15) is 42.0 Å². The Morgan fingerprint density at radius 3 is 2.62 bits per heavy atom. The zero-order valence-corrected chi connectivity index (χ0v) is 17.8. The summed E-state index contributed by atoms with van der Waals surface area (Å²) >= 11 is 7.88. The number of aromatic nitrogens is 2. The number of nitrogens with one attached hydrogen (secondary N) is 1. The fourth-order valence-corrected chi connectivity index (χ4v) is 3.73. The van der Waals surface area contributed by atoms with E-state index in [0.717, 1.165) is 17.7 Å². The molecule has 0 radical (unpaired) electrons. The fourth-order valence-electron chi connectivity index (χ4n) is 2.59. The minimum absolute atomic E-state index is 0.00751. The van der Waals surface area contributed by atoms with E-state index in [4.69, 9.17) is 21.1 Å². The molecule has 1 atom stereocenters. The maximum atomic E-state index is 12.5. The molecule has 1 aliphatic rings. The molecule has 1 aliphatic carbocycles. The molecule has 1 saturated carbocycles. The van der Waals surface area contributed by atoms with Crippen LogP contribution in [0.5, 0.6) is 0 Å². The normalized spacial score (nSPS) is 14.2. The first-order chi connectivity index (χ1) is 14.0. The van der Waals surface area contributed by atoms with Gasteiger partial charge < -0.3 is 14.8 Å². The van der Waals surface area contributed by atoms with E-state index in [2.05, 4.69) is 15.3 Å². The number of hydrogen-bond donors (Lipinski definition) is 1. The predicted molar refractivity (Wildman–Crippen MR) is 112 cm³/mol. The summed E-state index contributed by atoms with van der Waals surface area (Å²) < 4.78 is 9.99. The fraction of sp³-hybridized carbons (Fsp3) is 0.400. The molecule has 1 aromatic carbocycles. The number of esters is 2. The summed E-state index contributed by atoms with van der Waals surface area (Å²) in [6.45, 7) is 2.00. The molecule has 0 aliphatic heterocycles. The monoisotopic (exact) mass is 435 g/mol. The topological polar surface area (TPSA) is 90.4 Å². The number of methoxy groups -OCH3 is 1. The first-order valence-electron chi connectivity index (χ1n) is 9.30. The van der Waals surface area contributed by atoms with Crippen molar-refractivity contribution >= 4 is 41.1 Å². The number of ether oxygens (including phenoxy) is 2. The first kappa shape index (κ1) is 21.4. The molecule has 0 amide bonds. The number of rotatable bonds is 9. The number of nitrogens with zero attached hydrogens (tertiary/aromatic N) is 2. The second-order valence-corrected chi connectivity index (χ2v) is 7.90. The van der Waals surface area contributed by atoms with Crippen LogP contribution in [-0.2, 0) is 14.3 Å². The highest BCUT2D eigenvalue weighted by Crippen LogP contribution is 2.40. The van der Waals surface area contributed by atoms with Gasteiger partial charge >= 0.3 is 11.9 Å². The third-order valence-corrected chi connectivity index (χ3v) is 5.70. The second kappa shape index (κ2) is 9.93. The molecule has 0 bridgehead atoms. The molecule has 1 fully saturated rings. The average Bonchev–Trinajstić information content (AvgIpc) is 3.58. The van der Waals surface area contributed by atoms with Gasteiger partial charge in [0.25, 0.3) is 0 Å². The molecule has 0 saturated heterocycles. The Bertz CT molecular complexity index is 878. The molecule has 1 heterocycles. The number of halogens is 1. The summed E-state index contributed by atoms with van der Waals surface area (Å²) in [4.78, 5) is 34.4. The minimum Gasteiger partial charge on any atom is -0.464 e. The summed E-state index contributed by atoms with van der Waals surface area (Å²) in [6, 6.07) is 9.02. The maximum Gasteiger partial charge on any atom is 0.358 e. The van der Waals surface area contributed by atoms with Crippen molar-refractivity contribution in [2.24, 2.45) is 0 Å². The summed E-state index contributed by atoms with van der Waals surface area (Å²) in [7, 11) is 1.27. The maximum absolute atomic E-state index is 12.5. The summed E-state index contributed by atoms with van der Waals surface area (Å²) in [6.07, 6.45) is 1.90. The van der Waals surface area contributed by atoms with Crippen LogP contribution in [0.3, 0.4) is 0 Å². The molecule has 1 N–H and O–H groups in total. The van der Waals surface area contributed by atoms with E-state index in [-0.39, 0.29) is 29.1 Å². The Hall–Kier alpha value is -2.32. The lowest BCUT2D eigenvalue weighted by atomic mass is 10.3. The number of anilines is 1. The molecule has 9 heteroatoms. The van der Waals surface area contributed by atoms with Crippen molar-refractivity contribution in [1.82, 2.24) is 9.97 Å². The second-order valence-electron chi connectivity index (χ2n) is 6.43. The average molecular weight is 436 g/mol. The highest BCUT2D eigenvalue weighted by Gasteiger charge is 2.31. The van der Waals surface area contributed by atoms with E-state index in [1.807, 2.05) is 30.3 Å². The molecule has 3 rings (SSSR count). The largest absolute Gasteiger partial charge is 0.464 e. The standard InChI is InChI=1S/C20H22ClN3O4S/c1-3-28-19(25)14(11-29-13-7-5-4-6-8-13)22-18-15(21)16(20(26)27-2)23-17(24-18)12-9-10-12/h4-8,12,14H,3,9-11H2,1-2H3,(H,22,23,24). The number of hydrogen-bond acceptors (Lipinski definition) is 8. The lowest BCUT2D eigenvalue weighted by molar-refractivity contribution is -0.143. The zero-order valence-electron chi connectivity index (χ0n) is 16.2. The van der Waals surface area contributed by atoms with Crippen molar-refractivity contribution in [3.8, 4) is 0 Å². The Morgan fingerprint density at radius 1 is 1.28 bits per heavy atom. The molecule has 154 valence electrons. The molecule has 7 nitrogen and oxygen atoms in total. The van der Waals surface area contributed by atoms with Crippen LogP contribution in [0.2, 0.25) is 5.02 Å². The van der Waals surface area contributed by atoms with Crippen LogP contribution in [-0.4, -0.2) is 47.4 Å². The molecule has 29 heavy (non-hydrogen) atoms. The molecule has 1 aromatic heterocycles. The van der Waals surface area contributed by atoms with Gasteiger partial charge in [0.05, 0.1) is 13.7 Å². The molecule has 0 spiro atoms. The van der Waals surface area contributed by atoms with E-state index in [0.29, 0.717) is 11.6 Å². The van der Waals surface area contributed by atoms with Crippen LogP contribution in [0, 0.1) is 0 Å². The van der Waals surface area contributed by atoms with Crippen molar-refractivity contribution in [2.75, 3.05) is 24.8 Å². The van der Waals surface area contributed by atoms with Gasteiger partial charge in [-0.15, -0.1) is 11.8 Å². The quantitative estimate of drug-likeness (QED) is 0.468. The van der Waals surface area contributed by atoms with E-state index >= 15 is 0 Å². The Labute approximate surface area is 178 Å². The highest BCUT2D eigenvalue weighted by atomic mass is 35.5. The summed E-state index contributed by atoms with van der Waals surface area (Å²) in [5.41, 5.74) is -0.00751. The SMILES string of the molecule is CCOC(=O)C(CSc1ccccc1)Nc1nc(C2CC2)nc(C(=O)OC)c1Cl. The van der Waals surface area contributed by atoms with Crippen molar-refractivity contribution in [2.45, 2.75) is 36.6 Å². The lowest BCUT2D eigenvalue weighted by Crippen LogP contribution is -2.34. The number of thioether (sulfide) groups is 1. The van der Waals surface area contributed by atoms with Gasteiger partial charge in [0.1, 0.15) is 22.7 Å². The summed E-state index contributed by atoms with van der Waals surface area (Å²) in [5.74, 6) is 0.282. The van der Waals surface area contributed by atoms with E-state index in [9.17, 15) is 9.59 Å². The van der Waals surface area contributed by atoms with Crippen LogP contribution in [0.15, 0.2) is 35.2 Å². The molecular formula is C20H22ClN3O4S. The van der Waals surface area contributed by atoms with E-state index in [1.165, 1.54) is 18.9 Å². The van der Waals surface area contributed by atoms with Crippen LogP contribution in [0.25, 0.3) is 0 Å². The molecule has 2 aromatic rings. The van der Waals surface area contributed by atoms with Crippen LogP contribution < -0.4 is 5.32 Å². The Kier molecular flexibility index (Phi) is 7.33. The van der Waals surface area contributed by atoms with E-state index < -0.39 is 18.0 Å². The lowest BCUT2D eigenvalue weighted by Gasteiger charge is -2.19.